The zero-order valence-corrected chi connectivity index (χ0v) is 15.2. The molecule has 8 nitrogen and oxygen atoms in total. The van der Waals surface area contributed by atoms with Gasteiger partial charge in [-0.3, -0.25) is 10.3 Å². The molecule has 1 aliphatic heterocycles. The molecule has 4 N–H and O–H groups in total. The lowest BCUT2D eigenvalue weighted by Crippen LogP contribution is -2.30. The average Bonchev–Trinajstić information content (AvgIpc) is 2.99. The van der Waals surface area contributed by atoms with E-state index in [0.29, 0.717) is 0 Å². The Morgan fingerprint density at radius 3 is 2.39 bits per heavy atom. The number of cyclic esters (lactones) is 1. The highest BCUT2D eigenvalue weighted by molar-refractivity contribution is 7.89. The summed E-state index contributed by atoms with van der Waals surface area (Å²) < 4.78 is 56.9. The second-order valence-electron chi connectivity index (χ2n) is 6.02. The predicted molar refractivity (Wildman–Crippen MR) is 97.6 cm³/mol. The summed E-state index contributed by atoms with van der Waals surface area (Å²) in [6, 6.07) is 6.78. The van der Waals surface area contributed by atoms with Crippen LogP contribution in [0.2, 0.25) is 0 Å². The first kappa shape index (κ1) is 19.7. The maximum atomic E-state index is 14.6. The SMILES string of the molecule is N=CNC[C@H]1CN(c2cc(F)c(-c3ccc(S(N)(=O)=O)cc3)c(F)c2)C(=O)O1. The molecule has 0 unspecified atom stereocenters. The largest absolute Gasteiger partial charge is 0.442 e. The van der Waals surface area contributed by atoms with Gasteiger partial charge in [-0.05, 0) is 29.8 Å². The molecule has 148 valence electrons. The van der Waals surface area contributed by atoms with E-state index >= 15 is 0 Å². The van der Waals surface area contributed by atoms with Crippen molar-refractivity contribution in [1.82, 2.24) is 5.32 Å². The molecule has 1 atom stereocenters. The molecule has 0 radical (unpaired) electrons. The summed E-state index contributed by atoms with van der Waals surface area (Å²) in [5.74, 6) is -1.85. The molecule has 28 heavy (non-hydrogen) atoms. The van der Waals surface area contributed by atoms with Gasteiger partial charge in [0, 0.05) is 0 Å². The number of ether oxygens (including phenoxy) is 1. The number of carbonyl (C=O) groups excluding carboxylic acids is 1. The van der Waals surface area contributed by atoms with Crippen molar-refractivity contribution in [2.24, 2.45) is 5.14 Å². The molecule has 3 rings (SSSR count). The molecular formula is C17H16F2N4O4S. The van der Waals surface area contributed by atoms with Gasteiger partial charge in [0.25, 0.3) is 0 Å². The number of anilines is 1. The van der Waals surface area contributed by atoms with Gasteiger partial charge in [-0.25, -0.2) is 27.1 Å². The van der Waals surface area contributed by atoms with Gasteiger partial charge < -0.3 is 10.1 Å². The number of nitrogens with two attached hydrogens (primary N) is 1. The summed E-state index contributed by atoms with van der Waals surface area (Å²) in [6.07, 6.45) is -0.363. The highest BCUT2D eigenvalue weighted by Crippen LogP contribution is 2.32. The van der Waals surface area contributed by atoms with Gasteiger partial charge in [0.05, 0.1) is 35.6 Å². The number of primary sulfonamides is 1. The van der Waals surface area contributed by atoms with Gasteiger partial charge in [0.2, 0.25) is 10.0 Å². The van der Waals surface area contributed by atoms with Gasteiger partial charge in [0.15, 0.2) is 0 Å². The van der Waals surface area contributed by atoms with E-state index in [2.05, 4.69) is 5.32 Å². The molecule has 1 fully saturated rings. The van der Waals surface area contributed by atoms with Crippen LogP contribution >= 0.6 is 0 Å². The first-order chi connectivity index (χ1) is 13.2. The zero-order chi connectivity index (χ0) is 20.5. The number of sulfonamides is 1. The van der Waals surface area contributed by atoms with Crippen molar-refractivity contribution in [3.63, 3.8) is 0 Å². The van der Waals surface area contributed by atoms with Gasteiger partial charge in [0.1, 0.15) is 17.7 Å². The van der Waals surface area contributed by atoms with Gasteiger partial charge in [-0.15, -0.1) is 0 Å². The van der Waals surface area contributed by atoms with Crippen molar-refractivity contribution in [2.45, 2.75) is 11.0 Å². The first-order valence-corrected chi connectivity index (χ1v) is 9.58. The third-order valence-electron chi connectivity index (χ3n) is 4.13. The van der Waals surface area contributed by atoms with Crippen LogP contribution in [0.15, 0.2) is 41.3 Å². The summed E-state index contributed by atoms with van der Waals surface area (Å²) in [5.41, 5.74) is -0.257. The fourth-order valence-electron chi connectivity index (χ4n) is 2.83. The van der Waals surface area contributed by atoms with E-state index in [1.54, 1.807) is 0 Å². The molecule has 1 heterocycles. The molecule has 1 saturated heterocycles. The van der Waals surface area contributed by atoms with E-state index in [9.17, 15) is 22.0 Å². The van der Waals surface area contributed by atoms with E-state index < -0.39 is 33.9 Å². The first-order valence-electron chi connectivity index (χ1n) is 8.03. The van der Waals surface area contributed by atoms with Crippen LogP contribution in [0.3, 0.4) is 0 Å². The Morgan fingerprint density at radius 1 is 1.25 bits per heavy atom. The predicted octanol–water partition coefficient (Wildman–Crippen LogP) is 1.80. The number of hydrogen-bond donors (Lipinski definition) is 3. The second kappa shape index (κ2) is 7.52. The summed E-state index contributed by atoms with van der Waals surface area (Å²) in [7, 11) is -3.92. The number of halogens is 2. The molecule has 1 aliphatic rings. The summed E-state index contributed by atoms with van der Waals surface area (Å²) in [4.78, 5) is 12.9. The molecule has 0 aliphatic carbocycles. The minimum atomic E-state index is -3.92. The summed E-state index contributed by atoms with van der Waals surface area (Å²) >= 11 is 0. The van der Waals surface area contributed by atoms with E-state index in [0.717, 1.165) is 35.5 Å². The van der Waals surface area contributed by atoms with Crippen LogP contribution < -0.4 is 15.4 Å². The average molecular weight is 410 g/mol. The summed E-state index contributed by atoms with van der Waals surface area (Å²) in [6.45, 7) is 0.270. The lowest BCUT2D eigenvalue weighted by molar-refractivity contribution is 0.143. The van der Waals surface area contributed by atoms with Crippen LogP contribution in [-0.4, -0.2) is 40.0 Å². The summed E-state index contributed by atoms with van der Waals surface area (Å²) in [5, 5.41) is 14.5. The molecular weight excluding hydrogens is 394 g/mol. The standard InChI is InChI=1S/C17H16F2N4O4S/c18-14-5-11(23-8-12(7-22-9-20)27-17(23)24)6-15(19)16(14)10-1-3-13(4-2-10)28(21,25)26/h1-6,9,12H,7-8H2,(H2,20,22)(H2,21,25,26)/t12-/m0/s1. The number of nitrogens with zero attached hydrogens (tertiary/aromatic N) is 1. The van der Waals surface area contributed by atoms with Crippen molar-refractivity contribution in [3.05, 3.63) is 48.0 Å². The van der Waals surface area contributed by atoms with Gasteiger partial charge in [-0.2, -0.15) is 0 Å². The Balaban J connectivity index is 1.89. The number of amides is 1. The van der Waals surface area contributed by atoms with Gasteiger partial charge in [-0.1, -0.05) is 12.1 Å². The van der Waals surface area contributed by atoms with Crippen LogP contribution in [0, 0.1) is 17.0 Å². The molecule has 2 aromatic carbocycles. The van der Waals surface area contributed by atoms with Crippen LogP contribution in [0.25, 0.3) is 11.1 Å². The van der Waals surface area contributed by atoms with E-state index in [1.807, 2.05) is 0 Å². The Bertz CT molecular complexity index is 1000. The number of rotatable bonds is 6. The fraction of sp³-hybridized carbons (Fsp3) is 0.176. The molecule has 1 amide bonds. The van der Waals surface area contributed by atoms with Crippen molar-refractivity contribution in [1.29, 1.82) is 5.41 Å². The second-order valence-corrected chi connectivity index (χ2v) is 7.58. The Hall–Kier alpha value is -3.05. The van der Waals surface area contributed by atoms with Crippen molar-refractivity contribution < 1.29 is 26.7 Å². The number of carbonyl (C=O) groups is 1. The minimum Gasteiger partial charge on any atom is -0.442 e. The Morgan fingerprint density at radius 2 is 1.86 bits per heavy atom. The van der Waals surface area contributed by atoms with Crippen molar-refractivity contribution >= 4 is 28.1 Å². The molecule has 0 saturated carbocycles. The normalized spacial score (nSPS) is 16.8. The lowest BCUT2D eigenvalue weighted by Gasteiger charge is -2.15. The van der Waals surface area contributed by atoms with Crippen LogP contribution in [0.5, 0.6) is 0 Å². The lowest BCUT2D eigenvalue weighted by atomic mass is 10.0. The maximum absolute atomic E-state index is 14.6. The zero-order valence-electron chi connectivity index (χ0n) is 14.4. The topological polar surface area (TPSA) is 126 Å². The minimum absolute atomic E-state index is 0.0118. The highest BCUT2D eigenvalue weighted by atomic mass is 32.2. The highest BCUT2D eigenvalue weighted by Gasteiger charge is 2.33. The quantitative estimate of drug-likeness (QED) is 0.495. The molecule has 11 heteroatoms. The van der Waals surface area contributed by atoms with Crippen LogP contribution in [-0.2, 0) is 14.8 Å². The van der Waals surface area contributed by atoms with E-state index in [4.69, 9.17) is 15.3 Å². The van der Waals surface area contributed by atoms with E-state index in [1.165, 1.54) is 12.1 Å². The molecule has 0 bridgehead atoms. The maximum Gasteiger partial charge on any atom is 0.414 e. The van der Waals surface area contributed by atoms with Crippen LogP contribution in [0.4, 0.5) is 19.3 Å². The Labute approximate surface area is 159 Å². The number of hydrogen-bond acceptors (Lipinski definition) is 5. The number of nitrogens with one attached hydrogen (secondary N) is 2. The van der Waals surface area contributed by atoms with Crippen molar-refractivity contribution in [3.8, 4) is 11.1 Å². The molecule has 0 aromatic heterocycles. The third kappa shape index (κ3) is 3.94. The van der Waals surface area contributed by atoms with E-state index in [-0.39, 0.29) is 34.8 Å². The van der Waals surface area contributed by atoms with Gasteiger partial charge >= 0.3 is 6.09 Å². The molecule has 0 spiro atoms. The Kier molecular flexibility index (Phi) is 5.29. The fourth-order valence-corrected chi connectivity index (χ4v) is 3.35. The number of benzene rings is 2. The smallest absolute Gasteiger partial charge is 0.414 e. The molecule has 2 aromatic rings. The van der Waals surface area contributed by atoms with Crippen LogP contribution in [0.1, 0.15) is 0 Å². The monoisotopic (exact) mass is 410 g/mol. The third-order valence-corrected chi connectivity index (χ3v) is 5.06. The van der Waals surface area contributed by atoms with Crippen molar-refractivity contribution in [2.75, 3.05) is 18.0 Å².